The summed E-state index contributed by atoms with van der Waals surface area (Å²) in [6.07, 6.45) is 1.74. The topological polar surface area (TPSA) is 67.2 Å². The molecule has 7 nitrogen and oxygen atoms in total. The SMILES string of the molecule is CNc1nc2cnc(Nc3cccc(F)c3)cc2n1CCN1CCOCC1. The highest BCUT2D eigenvalue weighted by Gasteiger charge is 2.14. The first kappa shape index (κ1) is 17.7. The predicted octanol–water partition coefficient (Wildman–Crippen LogP) is 2.69. The van der Waals surface area contributed by atoms with Gasteiger partial charge in [-0.25, -0.2) is 14.4 Å². The second kappa shape index (κ2) is 7.89. The molecule has 3 aromatic rings. The summed E-state index contributed by atoms with van der Waals surface area (Å²) in [4.78, 5) is 11.4. The third-order valence-corrected chi connectivity index (χ3v) is 4.70. The molecule has 27 heavy (non-hydrogen) atoms. The standard InChI is InChI=1S/C19H23FN6O/c1-21-19-24-16-13-22-18(23-15-4-2-3-14(20)11-15)12-17(16)26(19)6-5-25-7-9-27-10-8-25/h2-4,11-13H,5-10H2,1H3,(H,21,24)(H,22,23). The molecule has 1 fully saturated rings. The fraction of sp³-hybridized carbons (Fsp3) is 0.368. The van der Waals surface area contributed by atoms with Crippen molar-refractivity contribution in [2.45, 2.75) is 6.54 Å². The summed E-state index contributed by atoms with van der Waals surface area (Å²) in [6.45, 7) is 5.23. The van der Waals surface area contributed by atoms with Crippen LogP contribution in [0.25, 0.3) is 11.0 Å². The van der Waals surface area contributed by atoms with Crippen molar-refractivity contribution in [1.82, 2.24) is 19.4 Å². The molecule has 1 aromatic carbocycles. The van der Waals surface area contributed by atoms with Gasteiger partial charge < -0.3 is 19.9 Å². The Labute approximate surface area is 157 Å². The molecule has 0 radical (unpaired) electrons. The second-order valence-electron chi connectivity index (χ2n) is 6.48. The maximum absolute atomic E-state index is 13.4. The van der Waals surface area contributed by atoms with Crippen LogP contribution in [0.2, 0.25) is 0 Å². The Morgan fingerprint density at radius 2 is 2.04 bits per heavy atom. The van der Waals surface area contributed by atoms with Crippen LogP contribution in [0.4, 0.5) is 21.8 Å². The van der Waals surface area contributed by atoms with Crippen LogP contribution in [0.1, 0.15) is 0 Å². The van der Waals surface area contributed by atoms with Gasteiger partial charge in [0.2, 0.25) is 5.95 Å². The number of ether oxygens (including phenoxy) is 1. The zero-order chi connectivity index (χ0) is 18.6. The van der Waals surface area contributed by atoms with Gasteiger partial charge in [0.25, 0.3) is 0 Å². The molecule has 4 rings (SSSR count). The molecule has 0 aliphatic carbocycles. The number of fused-ring (bicyclic) bond motifs is 1. The van der Waals surface area contributed by atoms with Crippen molar-refractivity contribution >= 4 is 28.5 Å². The van der Waals surface area contributed by atoms with E-state index in [9.17, 15) is 4.39 Å². The number of halogens is 1. The third kappa shape index (κ3) is 4.01. The summed E-state index contributed by atoms with van der Waals surface area (Å²) in [7, 11) is 1.87. The largest absolute Gasteiger partial charge is 0.379 e. The smallest absolute Gasteiger partial charge is 0.203 e. The molecule has 0 bridgehead atoms. The van der Waals surface area contributed by atoms with Crippen LogP contribution in [0.15, 0.2) is 36.5 Å². The molecule has 1 saturated heterocycles. The maximum Gasteiger partial charge on any atom is 0.203 e. The van der Waals surface area contributed by atoms with Crippen LogP contribution >= 0.6 is 0 Å². The Bertz CT molecular complexity index is 922. The van der Waals surface area contributed by atoms with Crippen LogP contribution < -0.4 is 10.6 Å². The Kier molecular flexibility index (Phi) is 5.17. The summed E-state index contributed by atoms with van der Waals surface area (Å²) in [6, 6.07) is 8.29. The summed E-state index contributed by atoms with van der Waals surface area (Å²) in [5.74, 6) is 1.18. The minimum atomic E-state index is -0.283. The van der Waals surface area contributed by atoms with Gasteiger partial charge in [-0.3, -0.25) is 4.90 Å². The monoisotopic (exact) mass is 370 g/mol. The molecule has 1 aliphatic heterocycles. The molecule has 2 aromatic heterocycles. The van der Waals surface area contributed by atoms with E-state index in [1.807, 2.05) is 19.2 Å². The van der Waals surface area contributed by atoms with Crippen molar-refractivity contribution < 1.29 is 9.13 Å². The maximum atomic E-state index is 13.4. The number of nitrogens with zero attached hydrogens (tertiary/aromatic N) is 4. The van der Waals surface area contributed by atoms with Crippen molar-refractivity contribution in [3.05, 3.63) is 42.3 Å². The predicted molar refractivity (Wildman–Crippen MR) is 104 cm³/mol. The summed E-state index contributed by atoms with van der Waals surface area (Å²) >= 11 is 0. The fourth-order valence-corrected chi connectivity index (χ4v) is 3.29. The number of nitrogens with one attached hydrogen (secondary N) is 2. The number of imidazole rings is 1. The van der Waals surface area contributed by atoms with Crippen LogP contribution in [-0.4, -0.2) is 59.3 Å². The van der Waals surface area contributed by atoms with Crippen LogP contribution in [0, 0.1) is 5.82 Å². The zero-order valence-corrected chi connectivity index (χ0v) is 15.3. The number of benzene rings is 1. The molecule has 1 aliphatic rings. The van der Waals surface area contributed by atoms with E-state index in [1.54, 1.807) is 12.3 Å². The van der Waals surface area contributed by atoms with E-state index in [4.69, 9.17) is 4.74 Å². The van der Waals surface area contributed by atoms with Crippen molar-refractivity contribution in [2.24, 2.45) is 0 Å². The number of morpholine rings is 1. The van der Waals surface area contributed by atoms with Crippen LogP contribution in [-0.2, 0) is 11.3 Å². The van der Waals surface area contributed by atoms with Crippen molar-refractivity contribution in [3.8, 4) is 0 Å². The summed E-state index contributed by atoms with van der Waals surface area (Å²) in [5, 5.41) is 6.32. The van der Waals surface area contributed by atoms with Gasteiger partial charge in [-0.05, 0) is 18.2 Å². The molecule has 0 atom stereocenters. The Morgan fingerprint density at radius 1 is 1.19 bits per heavy atom. The molecular formula is C19H23FN6O. The number of pyridine rings is 1. The number of hydrogen-bond donors (Lipinski definition) is 2. The lowest BCUT2D eigenvalue weighted by molar-refractivity contribution is 0.0366. The van der Waals surface area contributed by atoms with E-state index in [2.05, 4.69) is 30.1 Å². The number of anilines is 3. The minimum Gasteiger partial charge on any atom is -0.379 e. The van der Waals surface area contributed by atoms with E-state index in [1.165, 1.54) is 12.1 Å². The normalized spacial score (nSPS) is 15.2. The van der Waals surface area contributed by atoms with Gasteiger partial charge in [-0.2, -0.15) is 0 Å². The van der Waals surface area contributed by atoms with Gasteiger partial charge in [0, 0.05) is 45.0 Å². The van der Waals surface area contributed by atoms with E-state index in [0.29, 0.717) is 11.5 Å². The van der Waals surface area contributed by atoms with Gasteiger partial charge in [0.05, 0.1) is 24.9 Å². The second-order valence-corrected chi connectivity index (χ2v) is 6.48. The van der Waals surface area contributed by atoms with Gasteiger partial charge in [-0.15, -0.1) is 0 Å². The van der Waals surface area contributed by atoms with Crippen LogP contribution in [0.5, 0.6) is 0 Å². The highest BCUT2D eigenvalue weighted by Crippen LogP contribution is 2.23. The first-order valence-electron chi connectivity index (χ1n) is 9.09. The molecule has 2 N–H and O–H groups in total. The zero-order valence-electron chi connectivity index (χ0n) is 15.3. The molecule has 0 spiro atoms. The molecule has 142 valence electrons. The minimum absolute atomic E-state index is 0.283. The van der Waals surface area contributed by atoms with Gasteiger partial charge in [0.1, 0.15) is 17.2 Å². The lowest BCUT2D eigenvalue weighted by Crippen LogP contribution is -2.38. The Morgan fingerprint density at radius 3 is 2.81 bits per heavy atom. The molecule has 8 heteroatoms. The Balaban J connectivity index is 1.58. The van der Waals surface area contributed by atoms with E-state index >= 15 is 0 Å². The van der Waals surface area contributed by atoms with Gasteiger partial charge in [-0.1, -0.05) is 6.07 Å². The van der Waals surface area contributed by atoms with Gasteiger partial charge in [0.15, 0.2) is 0 Å². The number of rotatable bonds is 6. The van der Waals surface area contributed by atoms with Crippen molar-refractivity contribution in [3.63, 3.8) is 0 Å². The lowest BCUT2D eigenvalue weighted by Gasteiger charge is -2.26. The fourth-order valence-electron chi connectivity index (χ4n) is 3.29. The first-order chi connectivity index (χ1) is 13.2. The van der Waals surface area contributed by atoms with Crippen molar-refractivity contribution in [2.75, 3.05) is 50.5 Å². The van der Waals surface area contributed by atoms with E-state index in [-0.39, 0.29) is 5.82 Å². The van der Waals surface area contributed by atoms with E-state index in [0.717, 1.165) is 56.4 Å². The average Bonchev–Trinajstić information content (AvgIpc) is 3.04. The Hall–Kier alpha value is -2.71. The molecule has 0 unspecified atom stereocenters. The summed E-state index contributed by atoms with van der Waals surface area (Å²) < 4.78 is 21.0. The first-order valence-corrected chi connectivity index (χ1v) is 9.09. The lowest BCUT2D eigenvalue weighted by atomic mass is 10.3. The molecule has 3 heterocycles. The van der Waals surface area contributed by atoms with Crippen molar-refractivity contribution in [1.29, 1.82) is 0 Å². The molecule has 0 saturated carbocycles. The molecular weight excluding hydrogens is 347 g/mol. The quantitative estimate of drug-likeness (QED) is 0.695. The van der Waals surface area contributed by atoms with E-state index < -0.39 is 0 Å². The number of hydrogen-bond acceptors (Lipinski definition) is 6. The highest BCUT2D eigenvalue weighted by molar-refractivity contribution is 5.81. The third-order valence-electron chi connectivity index (χ3n) is 4.70. The average molecular weight is 370 g/mol. The molecule has 0 amide bonds. The highest BCUT2D eigenvalue weighted by atomic mass is 19.1. The van der Waals surface area contributed by atoms with Crippen LogP contribution in [0.3, 0.4) is 0 Å². The van der Waals surface area contributed by atoms with Gasteiger partial charge >= 0.3 is 0 Å². The summed E-state index contributed by atoms with van der Waals surface area (Å²) in [5.41, 5.74) is 2.47. The number of aromatic nitrogens is 3.